The highest BCUT2D eigenvalue weighted by molar-refractivity contribution is 5.71. The molecule has 8 nitrogen and oxygen atoms in total. The molecule has 1 aliphatic heterocycles. The average Bonchev–Trinajstić information content (AvgIpc) is 3.02. The molecule has 3 N–H and O–H groups in total. The number of rotatable bonds is 8. The molecule has 0 radical (unpaired) electrons. The number of aromatic nitrogens is 2. The molecule has 11 heteroatoms. The van der Waals surface area contributed by atoms with Gasteiger partial charge in [0.25, 0.3) is 0 Å². The fraction of sp³-hybridized carbons (Fsp3) is 0.543. The maximum atomic E-state index is 13.9. The summed E-state index contributed by atoms with van der Waals surface area (Å²) < 4.78 is 47.5. The third-order valence-electron chi connectivity index (χ3n) is 11.1. The first-order chi connectivity index (χ1) is 22.1. The minimum Gasteiger partial charge on any atom is -0.494 e. The molecule has 1 saturated heterocycles. The van der Waals surface area contributed by atoms with Gasteiger partial charge in [-0.2, -0.15) is 18.2 Å². The number of nitrogens with zero attached hydrogens (tertiary/aromatic N) is 4. The van der Waals surface area contributed by atoms with Gasteiger partial charge in [0, 0.05) is 61.4 Å². The molecule has 4 aliphatic carbocycles. The van der Waals surface area contributed by atoms with E-state index in [0.29, 0.717) is 28.7 Å². The molecule has 2 heterocycles. The zero-order chi connectivity index (χ0) is 32.2. The first-order valence-corrected chi connectivity index (χ1v) is 16.5. The standard InChI is InChI=1S/C35H44F3N7O/c1-21-6-5-7-22(2)30(21)42-32-27(35(36,37)38)20-40-33(43-32)41-28-9-8-26(16-29(28)46-4)44-10-12-45(13-11-44)31-24-14-23-15-25(31)19-34(17-23,18-24)39-3/h5-9,16,20,23-25,31,39H,10-15,17-19H2,1-4H3,(H2,40,41,42,43). The topological polar surface area (TPSA) is 77.6 Å². The van der Waals surface area contributed by atoms with Crippen LogP contribution in [0.3, 0.4) is 0 Å². The van der Waals surface area contributed by atoms with Crippen molar-refractivity contribution >= 4 is 28.8 Å². The van der Waals surface area contributed by atoms with Gasteiger partial charge in [-0.25, -0.2) is 4.98 Å². The van der Waals surface area contributed by atoms with Crippen molar-refractivity contribution in [2.24, 2.45) is 17.8 Å². The van der Waals surface area contributed by atoms with Gasteiger partial charge in [-0.3, -0.25) is 4.90 Å². The van der Waals surface area contributed by atoms with Gasteiger partial charge in [0.2, 0.25) is 5.95 Å². The van der Waals surface area contributed by atoms with Crippen molar-refractivity contribution < 1.29 is 17.9 Å². The second kappa shape index (κ2) is 11.9. The lowest BCUT2D eigenvalue weighted by Gasteiger charge is -2.62. The largest absolute Gasteiger partial charge is 0.494 e. The molecule has 2 aromatic carbocycles. The van der Waals surface area contributed by atoms with Crippen LogP contribution in [-0.2, 0) is 6.18 Å². The SMILES string of the molecule is CNC12CC3CC(C1)C(N1CCN(c4ccc(Nc5ncc(C(F)(F)F)c(Nc6c(C)cccc6C)n5)c(OC)c4)CC1)C(C3)C2. The Hall–Kier alpha value is -3.57. The number of hydrogen-bond donors (Lipinski definition) is 3. The van der Waals surface area contributed by atoms with Crippen molar-refractivity contribution in [1.82, 2.24) is 20.2 Å². The van der Waals surface area contributed by atoms with Crippen LogP contribution in [0.2, 0.25) is 0 Å². The van der Waals surface area contributed by atoms with Gasteiger partial charge in [-0.15, -0.1) is 0 Å². The van der Waals surface area contributed by atoms with Crippen LogP contribution in [0, 0.1) is 31.6 Å². The normalized spacial score (nSPS) is 27.6. The predicted molar refractivity (Wildman–Crippen MR) is 175 cm³/mol. The highest BCUT2D eigenvalue weighted by Gasteiger charge is 2.56. The van der Waals surface area contributed by atoms with Crippen LogP contribution in [-0.4, -0.2) is 66.8 Å². The van der Waals surface area contributed by atoms with E-state index in [9.17, 15) is 13.2 Å². The number of hydrogen-bond acceptors (Lipinski definition) is 8. The Balaban J connectivity index is 1.05. The van der Waals surface area contributed by atoms with Gasteiger partial charge in [-0.1, -0.05) is 18.2 Å². The number of methoxy groups -OCH3 is 1. The van der Waals surface area contributed by atoms with E-state index >= 15 is 0 Å². The zero-order valence-electron chi connectivity index (χ0n) is 27.0. The number of ether oxygens (including phenoxy) is 1. The van der Waals surface area contributed by atoms with E-state index in [1.54, 1.807) is 7.11 Å². The van der Waals surface area contributed by atoms with Crippen LogP contribution in [0.25, 0.3) is 0 Å². The molecule has 5 aliphatic rings. The van der Waals surface area contributed by atoms with Crippen molar-refractivity contribution in [3.63, 3.8) is 0 Å². The molecule has 2 unspecified atom stereocenters. The first-order valence-electron chi connectivity index (χ1n) is 16.5. The predicted octanol–water partition coefficient (Wildman–Crippen LogP) is 6.90. The molecule has 4 bridgehead atoms. The number of piperazine rings is 1. The monoisotopic (exact) mass is 635 g/mol. The summed E-state index contributed by atoms with van der Waals surface area (Å²) in [6.45, 7) is 7.68. The van der Waals surface area contributed by atoms with E-state index in [-0.39, 0.29) is 11.8 Å². The zero-order valence-corrected chi connectivity index (χ0v) is 27.0. The molecular weight excluding hydrogens is 591 g/mol. The van der Waals surface area contributed by atoms with Crippen LogP contribution < -0.4 is 25.6 Å². The van der Waals surface area contributed by atoms with Gasteiger partial charge in [0.05, 0.1) is 12.8 Å². The fourth-order valence-corrected chi connectivity index (χ4v) is 9.15. The van der Waals surface area contributed by atoms with E-state index in [1.165, 1.54) is 32.1 Å². The van der Waals surface area contributed by atoms with E-state index < -0.39 is 11.7 Å². The highest BCUT2D eigenvalue weighted by atomic mass is 19.4. The Kier molecular flexibility index (Phi) is 8.03. The van der Waals surface area contributed by atoms with E-state index in [4.69, 9.17) is 4.74 Å². The second-order valence-corrected chi connectivity index (χ2v) is 13.9. The number of benzene rings is 2. The number of halogens is 3. The number of alkyl halides is 3. The van der Waals surface area contributed by atoms with Gasteiger partial charge in [0.1, 0.15) is 17.1 Å². The van der Waals surface area contributed by atoms with Crippen LogP contribution in [0.15, 0.2) is 42.6 Å². The number of aryl methyl sites for hydroxylation is 2. The van der Waals surface area contributed by atoms with Crippen LogP contribution in [0.1, 0.15) is 48.8 Å². The third kappa shape index (κ3) is 5.76. The molecule has 1 aromatic heterocycles. The molecule has 0 amide bonds. The maximum Gasteiger partial charge on any atom is 0.421 e. The van der Waals surface area contributed by atoms with E-state index in [1.807, 2.05) is 50.2 Å². The molecule has 8 rings (SSSR count). The molecular formula is C35H44F3N7O. The summed E-state index contributed by atoms with van der Waals surface area (Å²) in [5, 5.41) is 9.72. The molecule has 0 spiro atoms. The summed E-state index contributed by atoms with van der Waals surface area (Å²) in [4.78, 5) is 13.4. The summed E-state index contributed by atoms with van der Waals surface area (Å²) >= 11 is 0. The Morgan fingerprint density at radius 3 is 2.26 bits per heavy atom. The van der Waals surface area contributed by atoms with Crippen molar-refractivity contribution in [2.45, 2.75) is 63.7 Å². The second-order valence-electron chi connectivity index (χ2n) is 13.9. The lowest BCUT2D eigenvalue weighted by Crippen LogP contribution is -2.66. The lowest BCUT2D eigenvalue weighted by atomic mass is 9.50. The average molecular weight is 636 g/mol. The summed E-state index contributed by atoms with van der Waals surface area (Å²) in [6.07, 6.45) is 2.97. The van der Waals surface area contributed by atoms with Gasteiger partial charge >= 0.3 is 6.18 Å². The van der Waals surface area contributed by atoms with Gasteiger partial charge < -0.3 is 25.6 Å². The van der Waals surface area contributed by atoms with Crippen LogP contribution in [0.4, 0.5) is 42.0 Å². The minimum absolute atomic E-state index is 0.0390. The summed E-state index contributed by atoms with van der Waals surface area (Å²) in [5.74, 6) is 2.81. The van der Waals surface area contributed by atoms with E-state index in [2.05, 4.69) is 42.8 Å². The van der Waals surface area contributed by atoms with Crippen molar-refractivity contribution in [1.29, 1.82) is 0 Å². The molecule has 246 valence electrons. The number of nitrogens with one attached hydrogen (secondary N) is 3. The summed E-state index contributed by atoms with van der Waals surface area (Å²) in [6, 6.07) is 12.2. The van der Waals surface area contributed by atoms with Crippen LogP contribution in [0.5, 0.6) is 5.75 Å². The minimum atomic E-state index is -4.62. The molecule has 2 atom stereocenters. The van der Waals surface area contributed by atoms with Crippen LogP contribution >= 0.6 is 0 Å². The Morgan fingerprint density at radius 2 is 1.63 bits per heavy atom. The highest BCUT2D eigenvalue weighted by Crippen LogP contribution is 2.57. The molecule has 4 saturated carbocycles. The molecule has 46 heavy (non-hydrogen) atoms. The van der Waals surface area contributed by atoms with Crippen molar-refractivity contribution in [3.8, 4) is 5.75 Å². The lowest BCUT2D eigenvalue weighted by molar-refractivity contribution is -0.137. The van der Waals surface area contributed by atoms with Gasteiger partial charge in [-0.05, 0) is 94.0 Å². The third-order valence-corrected chi connectivity index (χ3v) is 11.1. The van der Waals surface area contributed by atoms with Crippen molar-refractivity contribution in [2.75, 3.05) is 55.9 Å². The van der Waals surface area contributed by atoms with Crippen molar-refractivity contribution in [3.05, 3.63) is 59.3 Å². The molecule has 3 aromatic rings. The quantitative estimate of drug-likeness (QED) is 0.247. The fourth-order valence-electron chi connectivity index (χ4n) is 9.15. The summed E-state index contributed by atoms with van der Waals surface area (Å²) in [5.41, 5.74) is 3.31. The first kappa shape index (κ1) is 31.1. The number of anilines is 5. The Morgan fingerprint density at radius 1 is 0.935 bits per heavy atom. The smallest absolute Gasteiger partial charge is 0.421 e. The maximum absolute atomic E-state index is 13.9. The van der Waals surface area contributed by atoms with E-state index in [0.717, 1.165) is 66.9 Å². The summed E-state index contributed by atoms with van der Waals surface area (Å²) in [7, 11) is 3.75. The number of para-hydroxylation sites is 1. The molecule has 5 fully saturated rings. The van der Waals surface area contributed by atoms with Gasteiger partial charge in [0.15, 0.2) is 0 Å². The Labute approximate surface area is 269 Å². The Bertz CT molecular complexity index is 1550.